The van der Waals surface area contributed by atoms with Gasteiger partial charge in [-0.25, -0.2) is 16.8 Å². The molecule has 0 spiro atoms. The monoisotopic (exact) mass is 387 g/mol. The molecule has 0 bridgehead atoms. The summed E-state index contributed by atoms with van der Waals surface area (Å²) in [6.07, 6.45) is 4.22. The number of rotatable bonds is 4. The quantitative estimate of drug-likeness (QED) is 0.685. The molecular weight excluding hydrogens is 366 g/mol. The van der Waals surface area contributed by atoms with Gasteiger partial charge in [0.2, 0.25) is 10.0 Å². The first-order valence-electron chi connectivity index (χ1n) is 7.14. The van der Waals surface area contributed by atoms with Crippen LogP contribution in [-0.4, -0.2) is 55.8 Å². The lowest BCUT2D eigenvalue weighted by atomic mass is 10.0. The van der Waals surface area contributed by atoms with Crippen molar-refractivity contribution in [3.05, 3.63) is 0 Å². The zero-order valence-electron chi connectivity index (χ0n) is 11.5. The Morgan fingerprint density at radius 1 is 1.10 bits per heavy atom. The van der Waals surface area contributed by atoms with Gasteiger partial charge < -0.3 is 0 Å². The van der Waals surface area contributed by atoms with E-state index in [4.69, 9.17) is 0 Å². The standard InChI is InChI=1S/C12H22BrNO4S2/c13-7-4-11-3-1-2-8-14(11)20(17,18)12-5-9-19(15,16)10-6-12/h11-12H,1-10H2. The van der Waals surface area contributed by atoms with E-state index in [0.29, 0.717) is 6.54 Å². The van der Waals surface area contributed by atoms with Crippen LogP contribution in [0.1, 0.15) is 38.5 Å². The van der Waals surface area contributed by atoms with E-state index in [1.54, 1.807) is 4.31 Å². The van der Waals surface area contributed by atoms with Crippen molar-refractivity contribution in [3.8, 4) is 0 Å². The second-order valence-electron chi connectivity index (χ2n) is 5.63. The molecule has 2 fully saturated rings. The Hall–Kier alpha value is 0.340. The maximum atomic E-state index is 12.8. The Labute approximate surface area is 130 Å². The van der Waals surface area contributed by atoms with Crippen LogP contribution >= 0.6 is 15.9 Å². The SMILES string of the molecule is O=S1(=O)CCC(S(=O)(=O)N2CCCCC2CCBr)CC1. The molecule has 0 saturated carbocycles. The van der Waals surface area contributed by atoms with Gasteiger partial charge >= 0.3 is 0 Å². The molecule has 8 heteroatoms. The van der Waals surface area contributed by atoms with Crippen molar-refractivity contribution in [3.63, 3.8) is 0 Å². The van der Waals surface area contributed by atoms with Gasteiger partial charge in [-0.1, -0.05) is 22.4 Å². The van der Waals surface area contributed by atoms with Crippen molar-refractivity contribution in [2.75, 3.05) is 23.4 Å². The molecule has 2 saturated heterocycles. The molecule has 0 aromatic carbocycles. The third kappa shape index (κ3) is 3.75. The zero-order valence-corrected chi connectivity index (χ0v) is 14.7. The molecule has 2 rings (SSSR count). The van der Waals surface area contributed by atoms with Crippen LogP contribution in [-0.2, 0) is 19.9 Å². The average molecular weight is 388 g/mol. The number of sulfonamides is 1. The molecule has 20 heavy (non-hydrogen) atoms. The third-order valence-electron chi connectivity index (χ3n) is 4.27. The highest BCUT2D eigenvalue weighted by molar-refractivity contribution is 9.09. The molecule has 0 aromatic heterocycles. The van der Waals surface area contributed by atoms with E-state index >= 15 is 0 Å². The molecule has 2 heterocycles. The van der Waals surface area contributed by atoms with Gasteiger partial charge in [0.15, 0.2) is 0 Å². The van der Waals surface area contributed by atoms with E-state index in [9.17, 15) is 16.8 Å². The Morgan fingerprint density at radius 3 is 2.35 bits per heavy atom. The fourth-order valence-corrected chi connectivity index (χ4v) is 7.62. The van der Waals surface area contributed by atoms with Gasteiger partial charge in [0.1, 0.15) is 9.84 Å². The van der Waals surface area contributed by atoms with Crippen LogP contribution in [0.25, 0.3) is 0 Å². The minimum Gasteiger partial charge on any atom is -0.229 e. The van der Waals surface area contributed by atoms with Crippen LogP contribution in [0.5, 0.6) is 0 Å². The van der Waals surface area contributed by atoms with Crippen LogP contribution in [0.15, 0.2) is 0 Å². The van der Waals surface area contributed by atoms with Gasteiger partial charge in [0, 0.05) is 17.9 Å². The zero-order chi connectivity index (χ0) is 14.8. The van der Waals surface area contributed by atoms with Crippen molar-refractivity contribution in [1.29, 1.82) is 0 Å². The van der Waals surface area contributed by atoms with Crippen LogP contribution in [0.2, 0.25) is 0 Å². The minimum absolute atomic E-state index is 0.00779. The summed E-state index contributed by atoms with van der Waals surface area (Å²) in [6.45, 7) is 0.587. The highest BCUT2D eigenvalue weighted by Gasteiger charge is 2.40. The normalized spacial score (nSPS) is 29.4. The summed E-state index contributed by atoms with van der Waals surface area (Å²) in [7, 11) is -6.38. The molecule has 0 amide bonds. The molecule has 0 N–H and O–H groups in total. The topological polar surface area (TPSA) is 71.5 Å². The molecule has 5 nitrogen and oxygen atoms in total. The van der Waals surface area contributed by atoms with Gasteiger partial charge in [0.05, 0.1) is 16.8 Å². The van der Waals surface area contributed by atoms with Gasteiger partial charge in [-0.3, -0.25) is 0 Å². The summed E-state index contributed by atoms with van der Waals surface area (Å²) in [5.41, 5.74) is 0. The number of hydrogen-bond acceptors (Lipinski definition) is 4. The predicted molar refractivity (Wildman–Crippen MR) is 83.4 cm³/mol. The van der Waals surface area contributed by atoms with Gasteiger partial charge in [0.25, 0.3) is 0 Å². The summed E-state index contributed by atoms with van der Waals surface area (Å²) in [5.74, 6) is 0.0156. The summed E-state index contributed by atoms with van der Waals surface area (Å²) >= 11 is 3.39. The number of piperidine rings is 1. The summed E-state index contributed by atoms with van der Waals surface area (Å²) in [5, 5.41) is 0.282. The molecule has 118 valence electrons. The first kappa shape index (κ1) is 16.7. The maximum absolute atomic E-state index is 12.8. The molecule has 0 radical (unpaired) electrons. The summed E-state index contributed by atoms with van der Waals surface area (Å²) in [6, 6.07) is 0.0756. The van der Waals surface area contributed by atoms with Crippen LogP contribution in [0.3, 0.4) is 0 Å². The lowest BCUT2D eigenvalue weighted by Crippen LogP contribution is -2.49. The fourth-order valence-electron chi connectivity index (χ4n) is 3.08. The van der Waals surface area contributed by atoms with Gasteiger partial charge in [-0.2, -0.15) is 4.31 Å². The minimum atomic E-state index is -3.36. The second-order valence-corrected chi connectivity index (χ2v) is 10.9. The smallest absolute Gasteiger partial charge is 0.217 e. The van der Waals surface area contributed by atoms with E-state index in [1.807, 2.05) is 0 Å². The van der Waals surface area contributed by atoms with Crippen molar-refractivity contribution in [2.24, 2.45) is 0 Å². The predicted octanol–water partition coefficient (Wildman–Crippen LogP) is 1.53. The van der Waals surface area contributed by atoms with Crippen LogP contribution < -0.4 is 0 Å². The Kier molecular flexibility index (Phi) is 5.53. The highest BCUT2D eigenvalue weighted by atomic mass is 79.9. The van der Waals surface area contributed by atoms with Crippen molar-refractivity contribution in [2.45, 2.75) is 49.8 Å². The van der Waals surface area contributed by atoms with E-state index in [0.717, 1.165) is 31.0 Å². The van der Waals surface area contributed by atoms with E-state index in [-0.39, 0.29) is 30.4 Å². The Bertz CT molecular complexity index is 516. The average Bonchev–Trinajstić information content (AvgIpc) is 2.39. The van der Waals surface area contributed by atoms with Crippen molar-refractivity contribution >= 4 is 35.8 Å². The third-order valence-corrected chi connectivity index (χ3v) is 8.89. The maximum Gasteiger partial charge on any atom is 0.217 e. The number of hydrogen-bond donors (Lipinski definition) is 0. The molecule has 2 aliphatic heterocycles. The van der Waals surface area contributed by atoms with Crippen molar-refractivity contribution < 1.29 is 16.8 Å². The molecule has 1 atom stereocenters. The first-order valence-corrected chi connectivity index (χ1v) is 11.6. The molecule has 0 aliphatic carbocycles. The molecule has 0 aromatic rings. The lowest BCUT2D eigenvalue weighted by Gasteiger charge is -2.37. The Balaban J connectivity index is 2.12. The lowest BCUT2D eigenvalue weighted by molar-refractivity contribution is 0.245. The number of nitrogens with zero attached hydrogens (tertiary/aromatic N) is 1. The highest BCUT2D eigenvalue weighted by Crippen LogP contribution is 2.29. The van der Waals surface area contributed by atoms with E-state index in [2.05, 4.69) is 15.9 Å². The molecule has 1 unspecified atom stereocenters. The number of sulfone groups is 1. The number of halogens is 1. The largest absolute Gasteiger partial charge is 0.229 e. The van der Waals surface area contributed by atoms with Crippen LogP contribution in [0.4, 0.5) is 0 Å². The second kappa shape index (κ2) is 6.62. The van der Waals surface area contributed by atoms with Gasteiger partial charge in [-0.15, -0.1) is 0 Å². The number of alkyl halides is 1. The van der Waals surface area contributed by atoms with E-state index < -0.39 is 25.1 Å². The molecular formula is C12H22BrNO4S2. The molecule has 2 aliphatic rings. The van der Waals surface area contributed by atoms with E-state index in [1.165, 1.54) is 0 Å². The summed E-state index contributed by atoms with van der Waals surface area (Å²) < 4.78 is 50.1. The van der Waals surface area contributed by atoms with Crippen molar-refractivity contribution in [1.82, 2.24) is 4.31 Å². The summed E-state index contributed by atoms with van der Waals surface area (Å²) in [4.78, 5) is 0. The first-order chi connectivity index (χ1) is 9.37. The fraction of sp³-hybridized carbons (Fsp3) is 1.00. The van der Waals surface area contributed by atoms with Crippen LogP contribution in [0, 0.1) is 0 Å². The van der Waals surface area contributed by atoms with Gasteiger partial charge in [-0.05, 0) is 32.1 Å². The Morgan fingerprint density at radius 2 is 1.75 bits per heavy atom.